The number of alkyl halides is 1. The third kappa shape index (κ3) is 3.85. The molecule has 2 unspecified atom stereocenters. The maximum atomic E-state index is 13.9. The van der Waals surface area contributed by atoms with Crippen LogP contribution < -0.4 is 5.32 Å². The number of esters is 1. The summed E-state index contributed by atoms with van der Waals surface area (Å²) in [6, 6.07) is 1.18. The number of carbonyl (C=O) groups is 2. The van der Waals surface area contributed by atoms with Gasteiger partial charge in [-0.1, -0.05) is 11.6 Å². The molecule has 0 spiro atoms. The summed E-state index contributed by atoms with van der Waals surface area (Å²) in [5.41, 5.74) is -1.10. The maximum Gasteiger partial charge on any atom is 0.343 e. The van der Waals surface area contributed by atoms with Gasteiger partial charge in [0, 0.05) is 12.6 Å². The summed E-state index contributed by atoms with van der Waals surface area (Å²) in [6.07, 6.45) is 0.167. The van der Waals surface area contributed by atoms with E-state index < -0.39 is 51.8 Å². The second-order valence-electron chi connectivity index (χ2n) is 4.86. The molecule has 0 radical (unpaired) electrons. The van der Waals surface area contributed by atoms with Crippen LogP contribution in [0.1, 0.15) is 23.7 Å². The molecular weight excluding hydrogens is 335 g/mol. The second-order valence-corrected chi connectivity index (χ2v) is 5.23. The Morgan fingerprint density at radius 2 is 2.09 bits per heavy atom. The number of nitrogens with one attached hydrogen (secondary N) is 1. The highest BCUT2D eigenvalue weighted by Crippen LogP contribution is 2.26. The molecule has 4 nitrogen and oxygen atoms in total. The molecule has 23 heavy (non-hydrogen) atoms. The lowest BCUT2D eigenvalue weighted by atomic mass is 10.0. The molecule has 2 atom stereocenters. The predicted molar refractivity (Wildman–Crippen MR) is 76.9 cm³/mol. The zero-order valence-electron chi connectivity index (χ0n) is 12.0. The summed E-state index contributed by atoms with van der Waals surface area (Å²) >= 11 is 5.43. The first-order valence-corrected chi connectivity index (χ1v) is 7.20. The number of benzene rings is 1. The zero-order chi connectivity index (χ0) is 17.1. The summed E-state index contributed by atoms with van der Waals surface area (Å²) < 4.78 is 44.7. The van der Waals surface area contributed by atoms with E-state index in [9.17, 15) is 22.8 Å². The number of carbonyl (C=O) groups excluding carboxylic acids is 2. The molecule has 124 valence electrons. The second kappa shape index (κ2) is 7.04. The Hall–Kier alpha value is -2.02. The fraction of sp³-hybridized carbons (Fsp3) is 0.333. The van der Waals surface area contributed by atoms with Crippen LogP contribution in [-0.2, 0) is 9.53 Å². The van der Waals surface area contributed by atoms with Crippen LogP contribution in [0.15, 0.2) is 23.9 Å². The molecule has 8 heteroatoms. The zero-order valence-corrected chi connectivity index (χ0v) is 12.8. The van der Waals surface area contributed by atoms with Crippen LogP contribution >= 0.6 is 11.6 Å². The molecule has 0 amide bonds. The quantitative estimate of drug-likeness (QED) is 0.215. The molecule has 1 aromatic rings. The smallest absolute Gasteiger partial charge is 0.343 e. The Bertz CT molecular complexity index is 678. The van der Waals surface area contributed by atoms with Gasteiger partial charge in [0.1, 0.15) is 22.6 Å². The van der Waals surface area contributed by atoms with Crippen LogP contribution in [-0.4, -0.2) is 30.6 Å². The minimum Gasteiger partial charge on any atom is -0.462 e. The van der Waals surface area contributed by atoms with E-state index in [1.165, 1.54) is 6.92 Å². The van der Waals surface area contributed by atoms with Crippen LogP contribution in [0.2, 0.25) is 5.02 Å². The standard InChI is InChI=1S/C15H13ClF3NO3/c1-2-23-15(22)8(6-20-11-5-10(11)18)14(21)7-3-4-9(17)12(16)13(7)19/h3-4,6,10-11,20H,2,5H2,1H3. The molecule has 0 aliphatic heterocycles. The molecule has 1 aromatic carbocycles. The summed E-state index contributed by atoms with van der Waals surface area (Å²) in [5, 5.41) is 1.70. The van der Waals surface area contributed by atoms with E-state index in [2.05, 4.69) is 5.32 Å². The first-order chi connectivity index (χ1) is 10.9. The van der Waals surface area contributed by atoms with E-state index in [0.29, 0.717) is 0 Å². The van der Waals surface area contributed by atoms with Crippen LogP contribution in [0.5, 0.6) is 0 Å². The largest absolute Gasteiger partial charge is 0.462 e. The molecule has 2 rings (SSSR count). The Labute approximate surface area is 135 Å². The lowest BCUT2D eigenvalue weighted by molar-refractivity contribution is -0.138. The number of halogens is 4. The van der Waals surface area contributed by atoms with Gasteiger partial charge in [0.2, 0.25) is 5.78 Å². The molecule has 0 heterocycles. The van der Waals surface area contributed by atoms with Crippen molar-refractivity contribution in [1.29, 1.82) is 0 Å². The van der Waals surface area contributed by atoms with Gasteiger partial charge in [-0.2, -0.15) is 0 Å². The summed E-state index contributed by atoms with van der Waals surface area (Å²) in [4.78, 5) is 24.2. The summed E-state index contributed by atoms with van der Waals surface area (Å²) in [5.74, 6) is -4.34. The SMILES string of the molecule is CCOC(=O)C(=CNC1CC1F)C(=O)c1ccc(F)c(Cl)c1F. The van der Waals surface area contributed by atoms with Gasteiger partial charge in [-0.15, -0.1) is 0 Å². The Morgan fingerprint density at radius 1 is 1.43 bits per heavy atom. The monoisotopic (exact) mass is 347 g/mol. The van der Waals surface area contributed by atoms with Crippen LogP contribution in [0.3, 0.4) is 0 Å². The molecular formula is C15H13ClF3NO3. The topological polar surface area (TPSA) is 55.4 Å². The van der Waals surface area contributed by atoms with Gasteiger partial charge in [-0.3, -0.25) is 4.79 Å². The molecule has 0 aromatic heterocycles. The van der Waals surface area contributed by atoms with Gasteiger partial charge in [0.15, 0.2) is 5.82 Å². The Morgan fingerprint density at radius 3 is 2.65 bits per heavy atom. The fourth-order valence-corrected chi connectivity index (χ4v) is 1.96. The van der Waals surface area contributed by atoms with Gasteiger partial charge in [-0.25, -0.2) is 18.0 Å². The highest BCUT2D eigenvalue weighted by molar-refractivity contribution is 6.32. The molecule has 1 fully saturated rings. The van der Waals surface area contributed by atoms with E-state index in [0.717, 1.165) is 18.3 Å². The van der Waals surface area contributed by atoms with Crippen molar-refractivity contribution in [2.24, 2.45) is 0 Å². The number of Topliss-reactive ketones (excluding diaryl/α,β-unsaturated/α-hetero) is 1. The third-order valence-electron chi connectivity index (χ3n) is 3.17. The number of rotatable bonds is 6. The first kappa shape index (κ1) is 17.3. The van der Waals surface area contributed by atoms with Crippen molar-refractivity contribution < 1.29 is 27.5 Å². The number of ether oxygens (including phenoxy) is 1. The van der Waals surface area contributed by atoms with E-state index in [1.54, 1.807) is 0 Å². The number of ketones is 1. The van der Waals surface area contributed by atoms with Gasteiger partial charge in [-0.05, 0) is 19.1 Å². The first-order valence-electron chi connectivity index (χ1n) is 6.82. The van der Waals surface area contributed by atoms with E-state index in [4.69, 9.17) is 16.3 Å². The van der Waals surface area contributed by atoms with Crippen LogP contribution in [0, 0.1) is 11.6 Å². The third-order valence-corrected chi connectivity index (χ3v) is 3.52. The van der Waals surface area contributed by atoms with Crippen LogP contribution in [0.25, 0.3) is 0 Å². The van der Waals surface area contributed by atoms with Crippen molar-refractivity contribution in [2.45, 2.75) is 25.6 Å². The maximum absolute atomic E-state index is 13.9. The predicted octanol–water partition coefficient (Wildman–Crippen LogP) is 2.95. The summed E-state index contributed by atoms with van der Waals surface area (Å²) in [7, 11) is 0. The van der Waals surface area contributed by atoms with Gasteiger partial charge >= 0.3 is 5.97 Å². The van der Waals surface area contributed by atoms with E-state index in [-0.39, 0.29) is 13.0 Å². The Balaban J connectivity index is 2.32. The minimum atomic E-state index is -1.28. The molecule has 1 aliphatic rings. The van der Waals surface area contributed by atoms with Crippen molar-refractivity contribution in [3.8, 4) is 0 Å². The molecule has 0 bridgehead atoms. The number of hydrogen-bond acceptors (Lipinski definition) is 4. The van der Waals surface area contributed by atoms with Crippen molar-refractivity contribution in [3.05, 3.63) is 46.1 Å². The lowest BCUT2D eigenvalue weighted by Crippen LogP contribution is -2.22. The van der Waals surface area contributed by atoms with Gasteiger partial charge < -0.3 is 10.1 Å². The van der Waals surface area contributed by atoms with Crippen molar-refractivity contribution in [3.63, 3.8) is 0 Å². The van der Waals surface area contributed by atoms with Gasteiger partial charge in [0.05, 0.1) is 18.2 Å². The normalized spacial score (nSPS) is 20.1. The highest BCUT2D eigenvalue weighted by Gasteiger charge is 2.37. The fourth-order valence-electron chi connectivity index (χ4n) is 1.80. The lowest BCUT2D eigenvalue weighted by Gasteiger charge is -2.09. The summed E-state index contributed by atoms with van der Waals surface area (Å²) in [6.45, 7) is 1.52. The molecule has 1 saturated carbocycles. The highest BCUT2D eigenvalue weighted by atomic mass is 35.5. The van der Waals surface area contributed by atoms with Gasteiger partial charge in [0.25, 0.3) is 0 Å². The van der Waals surface area contributed by atoms with Crippen molar-refractivity contribution >= 4 is 23.4 Å². The van der Waals surface area contributed by atoms with E-state index >= 15 is 0 Å². The molecule has 0 saturated heterocycles. The number of hydrogen-bond donors (Lipinski definition) is 1. The van der Waals surface area contributed by atoms with Crippen LogP contribution in [0.4, 0.5) is 13.2 Å². The average molecular weight is 348 g/mol. The molecule has 1 N–H and O–H groups in total. The average Bonchev–Trinajstić information content (AvgIpc) is 3.21. The minimum absolute atomic E-state index is 0.00866. The Kier molecular flexibility index (Phi) is 5.30. The van der Waals surface area contributed by atoms with E-state index in [1.807, 2.05) is 0 Å². The van der Waals surface area contributed by atoms with Crippen molar-refractivity contribution in [2.75, 3.05) is 6.61 Å². The van der Waals surface area contributed by atoms with Crippen molar-refractivity contribution in [1.82, 2.24) is 5.32 Å². The molecule has 1 aliphatic carbocycles.